The number of morpholine rings is 1. The summed E-state index contributed by atoms with van der Waals surface area (Å²) >= 11 is 2.23. The Balaban J connectivity index is 1.54. The largest absolute Gasteiger partial charge is 0.496 e. The second kappa shape index (κ2) is 9.38. The van der Waals surface area contributed by atoms with Crippen LogP contribution in [0.1, 0.15) is 6.42 Å². The normalized spacial score (nSPS) is 17.8. The summed E-state index contributed by atoms with van der Waals surface area (Å²) in [4.78, 5) is 28.2. The number of urea groups is 1. The Hall–Kier alpha value is -2.08. The minimum Gasteiger partial charge on any atom is -0.496 e. The summed E-state index contributed by atoms with van der Waals surface area (Å²) in [6.45, 7) is 5.37. The fraction of sp³-hybridized carbons (Fsp3) is 0.550. The van der Waals surface area contributed by atoms with Gasteiger partial charge in [-0.15, -0.1) is 0 Å². The van der Waals surface area contributed by atoms with E-state index in [9.17, 15) is 4.79 Å². The molecule has 0 unspecified atom stereocenters. The number of hydrogen-bond donors (Lipinski definition) is 0. The van der Waals surface area contributed by atoms with Gasteiger partial charge in [0.15, 0.2) is 0 Å². The molecule has 0 atom stereocenters. The molecule has 30 heavy (non-hydrogen) atoms. The summed E-state index contributed by atoms with van der Waals surface area (Å²) in [5.74, 6) is 1.93. The summed E-state index contributed by atoms with van der Waals surface area (Å²) in [5.41, 5.74) is 0.813. The third-order valence-corrected chi connectivity index (χ3v) is 6.54. The molecule has 0 spiro atoms. The molecule has 2 amide bonds. The van der Waals surface area contributed by atoms with Crippen molar-refractivity contribution in [3.05, 3.63) is 15.7 Å². The van der Waals surface area contributed by atoms with Gasteiger partial charge in [0.2, 0.25) is 11.8 Å². The molecule has 0 N–H and O–H groups in total. The quantitative estimate of drug-likeness (QED) is 0.567. The van der Waals surface area contributed by atoms with Gasteiger partial charge in [0.25, 0.3) is 0 Å². The van der Waals surface area contributed by atoms with Crippen molar-refractivity contribution in [1.29, 1.82) is 0 Å². The van der Waals surface area contributed by atoms with Crippen molar-refractivity contribution in [3.8, 4) is 11.6 Å². The van der Waals surface area contributed by atoms with Gasteiger partial charge in [0, 0.05) is 39.3 Å². The molecular weight excluding hydrogens is 501 g/mol. The van der Waals surface area contributed by atoms with Gasteiger partial charge in [-0.3, -0.25) is 0 Å². The molecule has 4 rings (SSSR count). The molecule has 2 saturated heterocycles. The van der Waals surface area contributed by atoms with Gasteiger partial charge >= 0.3 is 6.03 Å². The van der Waals surface area contributed by atoms with Crippen molar-refractivity contribution in [2.45, 2.75) is 6.42 Å². The fourth-order valence-corrected chi connectivity index (χ4v) is 4.74. The first kappa shape index (κ1) is 21.2. The molecule has 162 valence electrons. The number of methoxy groups -OCH3 is 2. The molecule has 2 aliphatic heterocycles. The maximum absolute atomic E-state index is 12.8. The molecule has 3 heterocycles. The molecule has 2 aromatic rings. The Morgan fingerprint density at radius 1 is 1.00 bits per heavy atom. The molecule has 1 aromatic carbocycles. The lowest BCUT2D eigenvalue weighted by atomic mass is 10.2. The predicted molar refractivity (Wildman–Crippen MR) is 122 cm³/mol. The number of benzene rings is 1. The zero-order valence-electron chi connectivity index (χ0n) is 17.3. The van der Waals surface area contributed by atoms with Crippen molar-refractivity contribution in [2.24, 2.45) is 0 Å². The van der Waals surface area contributed by atoms with Crippen LogP contribution in [0.3, 0.4) is 0 Å². The van der Waals surface area contributed by atoms with Crippen molar-refractivity contribution in [2.75, 3.05) is 71.6 Å². The van der Waals surface area contributed by atoms with Crippen LogP contribution in [-0.2, 0) is 4.74 Å². The summed E-state index contributed by atoms with van der Waals surface area (Å²) in [5, 5.41) is 0.847. The number of carbonyl (C=O) groups is 1. The highest BCUT2D eigenvalue weighted by Gasteiger charge is 2.26. The van der Waals surface area contributed by atoms with Crippen LogP contribution in [0.2, 0.25) is 0 Å². The number of nitrogens with zero attached hydrogens (tertiary/aromatic N) is 5. The summed E-state index contributed by atoms with van der Waals surface area (Å²) in [6.07, 6.45) is 0.861. The van der Waals surface area contributed by atoms with Crippen molar-refractivity contribution in [3.63, 3.8) is 0 Å². The zero-order chi connectivity index (χ0) is 21.1. The van der Waals surface area contributed by atoms with Crippen LogP contribution >= 0.6 is 22.6 Å². The lowest BCUT2D eigenvalue weighted by Gasteiger charge is -2.32. The second-order valence-corrected chi connectivity index (χ2v) is 8.30. The Bertz CT molecular complexity index is 922. The standard InChI is InChI=1S/C20H26IN5O4/c1-28-15-5-4-14-16(17(15)21)18(29-2)23-19(22-14)24-6-3-7-25(9-8-24)20(27)26-10-12-30-13-11-26/h4-5H,3,6-13H2,1-2H3. The average Bonchev–Trinajstić information content (AvgIpc) is 3.05. The Morgan fingerprint density at radius 3 is 2.50 bits per heavy atom. The van der Waals surface area contributed by atoms with Crippen molar-refractivity contribution in [1.82, 2.24) is 19.8 Å². The predicted octanol–water partition coefficient (Wildman–Crippen LogP) is 2.22. The van der Waals surface area contributed by atoms with E-state index >= 15 is 0 Å². The number of amides is 2. The second-order valence-electron chi connectivity index (χ2n) is 7.22. The SMILES string of the molecule is COc1ccc2nc(N3CCCN(C(=O)N4CCOCC4)CC3)nc(OC)c2c1I. The van der Waals surface area contributed by atoms with E-state index < -0.39 is 0 Å². The Kier molecular flexibility index (Phi) is 6.61. The molecule has 1 aromatic heterocycles. The average molecular weight is 527 g/mol. The molecule has 9 nitrogen and oxygen atoms in total. The highest BCUT2D eigenvalue weighted by atomic mass is 127. The highest BCUT2D eigenvalue weighted by Crippen LogP contribution is 2.35. The number of carbonyl (C=O) groups excluding carboxylic acids is 1. The Morgan fingerprint density at radius 2 is 1.77 bits per heavy atom. The molecule has 2 aliphatic rings. The monoisotopic (exact) mass is 527 g/mol. The molecule has 0 bridgehead atoms. The van der Waals surface area contributed by atoms with Gasteiger partial charge in [-0.05, 0) is 41.1 Å². The van der Waals surface area contributed by atoms with Gasteiger partial charge in [0.05, 0.1) is 41.9 Å². The van der Waals surface area contributed by atoms with Gasteiger partial charge in [-0.2, -0.15) is 4.98 Å². The highest BCUT2D eigenvalue weighted by molar-refractivity contribution is 14.1. The van der Waals surface area contributed by atoms with Gasteiger partial charge in [-0.1, -0.05) is 0 Å². The number of hydrogen-bond acceptors (Lipinski definition) is 7. The van der Waals surface area contributed by atoms with E-state index in [0.717, 1.165) is 39.7 Å². The number of fused-ring (bicyclic) bond motifs is 1. The van der Waals surface area contributed by atoms with Crippen LogP contribution in [0.4, 0.5) is 10.7 Å². The van der Waals surface area contributed by atoms with Gasteiger partial charge in [0.1, 0.15) is 5.75 Å². The summed E-state index contributed by atoms with van der Waals surface area (Å²) in [7, 11) is 3.26. The van der Waals surface area contributed by atoms with Crippen LogP contribution in [-0.4, -0.2) is 92.5 Å². The van der Waals surface area contributed by atoms with E-state index in [0.29, 0.717) is 51.2 Å². The topological polar surface area (TPSA) is 80.3 Å². The van der Waals surface area contributed by atoms with Gasteiger partial charge < -0.3 is 28.9 Å². The third-order valence-electron chi connectivity index (χ3n) is 5.46. The minimum absolute atomic E-state index is 0.0961. The first-order valence-electron chi connectivity index (χ1n) is 10.1. The molecule has 0 aliphatic carbocycles. The molecule has 2 fully saturated rings. The lowest BCUT2D eigenvalue weighted by Crippen LogP contribution is -2.49. The van der Waals surface area contributed by atoms with Crippen LogP contribution in [0.25, 0.3) is 10.9 Å². The van der Waals surface area contributed by atoms with E-state index in [2.05, 4.69) is 32.5 Å². The summed E-state index contributed by atoms with van der Waals surface area (Å²) in [6, 6.07) is 3.93. The van der Waals surface area contributed by atoms with Crippen molar-refractivity contribution < 1.29 is 19.0 Å². The van der Waals surface area contributed by atoms with E-state index in [1.54, 1.807) is 14.2 Å². The van der Waals surface area contributed by atoms with E-state index in [4.69, 9.17) is 19.2 Å². The smallest absolute Gasteiger partial charge is 0.320 e. The number of rotatable bonds is 3. The minimum atomic E-state index is 0.0961. The lowest BCUT2D eigenvalue weighted by molar-refractivity contribution is 0.0438. The fourth-order valence-electron chi connectivity index (χ4n) is 3.83. The summed E-state index contributed by atoms with van der Waals surface area (Å²) < 4.78 is 17.3. The molecular formula is C20H26IN5O4. The number of anilines is 1. The molecule has 0 saturated carbocycles. The maximum atomic E-state index is 12.8. The van der Waals surface area contributed by atoms with E-state index in [-0.39, 0.29) is 6.03 Å². The number of ether oxygens (including phenoxy) is 3. The Labute approximate surface area is 189 Å². The first-order valence-corrected chi connectivity index (χ1v) is 11.1. The van der Waals surface area contributed by atoms with Crippen LogP contribution < -0.4 is 14.4 Å². The third kappa shape index (κ3) is 4.20. The maximum Gasteiger partial charge on any atom is 0.320 e. The zero-order valence-corrected chi connectivity index (χ0v) is 19.4. The molecule has 0 radical (unpaired) electrons. The van der Waals surface area contributed by atoms with E-state index in [1.807, 2.05) is 21.9 Å². The number of aromatic nitrogens is 2. The van der Waals surface area contributed by atoms with Crippen molar-refractivity contribution >= 4 is 45.5 Å². The molecule has 10 heteroatoms. The van der Waals surface area contributed by atoms with Gasteiger partial charge in [-0.25, -0.2) is 9.78 Å². The van der Waals surface area contributed by atoms with Crippen LogP contribution in [0, 0.1) is 3.57 Å². The van der Waals surface area contributed by atoms with Crippen LogP contribution in [0.5, 0.6) is 11.6 Å². The van der Waals surface area contributed by atoms with E-state index in [1.165, 1.54) is 0 Å². The number of halogens is 1. The first-order chi connectivity index (χ1) is 14.6. The van der Waals surface area contributed by atoms with Crippen LogP contribution in [0.15, 0.2) is 12.1 Å².